The van der Waals surface area contributed by atoms with Crippen molar-refractivity contribution < 1.29 is 13.9 Å². The first-order valence-electron chi connectivity index (χ1n) is 11.8. The summed E-state index contributed by atoms with van der Waals surface area (Å²) in [5.74, 6) is 1.09. The molecule has 0 amide bonds. The molecule has 0 spiro atoms. The van der Waals surface area contributed by atoms with Crippen molar-refractivity contribution in [2.45, 2.75) is 110 Å². The molecule has 0 heterocycles. The lowest BCUT2D eigenvalue weighted by atomic mass is 9.44. The molecular formula is C24H40F2O. The predicted molar refractivity (Wildman–Crippen MR) is 106 cm³/mol. The van der Waals surface area contributed by atoms with Gasteiger partial charge in [-0.25, -0.2) is 8.78 Å². The van der Waals surface area contributed by atoms with Crippen molar-refractivity contribution in [2.24, 2.45) is 40.4 Å². The van der Waals surface area contributed by atoms with E-state index < -0.39 is 5.92 Å². The number of hydrogen-bond acceptors (Lipinski definition) is 1. The Morgan fingerprint density at radius 3 is 2.37 bits per heavy atom. The lowest BCUT2D eigenvalue weighted by Gasteiger charge is -2.61. The molecule has 156 valence electrons. The topological polar surface area (TPSA) is 20.2 Å². The highest BCUT2D eigenvalue weighted by atomic mass is 19.3. The van der Waals surface area contributed by atoms with E-state index in [0.29, 0.717) is 22.7 Å². The second kappa shape index (κ2) is 6.96. The second-order valence-electron chi connectivity index (χ2n) is 11.2. The molecule has 4 aliphatic rings. The Morgan fingerprint density at radius 2 is 1.63 bits per heavy atom. The summed E-state index contributed by atoms with van der Waals surface area (Å²) < 4.78 is 27.7. The summed E-state index contributed by atoms with van der Waals surface area (Å²) in [4.78, 5) is 0. The molecule has 0 aromatic rings. The molecule has 0 aromatic carbocycles. The van der Waals surface area contributed by atoms with E-state index in [1.807, 2.05) is 0 Å². The molecule has 0 bridgehead atoms. The molecule has 0 aliphatic heterocycles. The molecule has 8 atom stereocenters. The molecule has 4 saturated carbocycles. The van der Waals surface area contributed by atoms with Crippen molar-refractivity contribution >= 4 is 0 Å². The standard InChI is InChI=1S/C24H40F2O/c1-4-24(25,26)14-9-16-6-8-20-19-7-5-17-15-18(27)10-12-23(17,3)21(19)11-13-22(16,20)2/h16-21,27H,4-15H2,1-3H3/t16-,17?,18?,19?,20?,21?,22?,23?/m1/s1. The third kappa shape index (κ3) is 3.28. The summed E-state index contributed by atoms with van der Waals surface area (Å²) in [6, 6.07) is 0. The fourth-order valence-corrected chi connectivity index (χ4v) is 8.38. The highest BCUT2D eigenvalue weighted by molar-refractivity contribution is 5.09. The van der Waals surface area contributed by atoms with Crippen LogP contribution in [0, 0.1) is 40.4 Å². The van der Waals surface area contributed by atoms with Crippen molar-refractivity contribution in [1.29, 1.82) is 0 Å². The van der Waals surface area contributed by atoms with E-state index in [1.165, 1.54) is 44.9 Å². The van der Waals surface area contributed by atoms with Crippen LogP contribution in [0.3, 0.4) is 0 Å². The first-order chi connectivity index (χ1) is 12.7. The minimum Gasteiger partial charge on any atom is -0.393 e. The first kappa shape index (κ1) is 20.1. The summed E-state index contributed by atoms with van der Waals surface area (Å²) in [5, 5.41) is 10.2. The minimum atomic E-state index is -2.47. The average molecular weight is 383 g/mol. The highest BCUT2D eigenvalue weighted by Gasteiger charge is 2.60. The molecule has 0 radical (unpaired) electrons. The third-order valence-corrected chi connectivity index (χ3v) is 10.2. The largest absolute Gasteiger partial charge is 0.393 e. The van der Waals surface area contributed by atoms with E-state index in [-0.39, 0.29) is 18.9 Å². The Labute approximate surface area is 164 Å². The van der Waals surface area contributed by atoms with Crippen LogP contribution in [0.25, 0.3) is 0 Å². The third-order valence-electron chi connectivity index (χ3n) is 10.2. The number of alkyl halides is 2. The quantitative estimate of drug-likeness (QED) is 0.565. The van der Waals surface area contributed by atoms with Crippen LogP contribution in [-0.4, -0.2) is 17.1 Å². The van der Waals surface area contributed by atoms with Gasteiger partial charge in [0.05, 0.1) is 6.10 Å². The number of aliphatic hydroxyl groups excluding tert-OH is 1. The molecule has 4 fully saturated rings. The zero-order chi connectivity index (χ0) is 19.4. The SMILES string of the molecule is CCC(F)(F)CC[C@H]1CCC2C3CCC4CC(O)CCC4(C)C3CCC21C. The van der Waals surface area contributed by atoms with Crippen molar-refractivity contribution in [3.05, 3.63) is 0 Å². The summed E-state index contributed by atoms with van der Waals surface area (Å²) >= 11 is 0. The van der Waals surface area contributed by atoms with Gasteiger partial charge < -0.3 is 5.11 Å². The van der Waals surface area contributed by atoms with E-state index in [9.17, 15) is 13.9 Å². The molecule has 7 unspecified atom stereocenters. The van der Waals surface area contributed by atoms with Gasteiger partial charge in [-0.3, -0.25) is 0 Å². The number of halogens is 2. The Bertz CT molecular complexity index is 548. The molecule has 4 aliphatic carbocycles. The van der Waals surface area contributed by atoms with Gasteiger partial charge in [-0.2, -0.15) is 0 Å². The summed E-state index contributed by atoms with van der Waals surface area (Å²) in [5.41, 5.74) is 0.708. The molecule has 3 heteroatoms. The summed E-state index contributed by atoms with van der Waals surface area (Å²) in [6.45, 7) is 6.59. The lowest BCUT2D eigenvalue weighted by Crippen LogP contribution is -2.53. The van der Waals surface area contributed by atoms with Gasteiger partial charge in [-0.15, -0.1) is 0 Å². The maximum atomic E-state index is 13.9. The number of hydrogen-bond donors (Lipinski definition) is 1. The van der Waals surface area contributed by atoms with Gasteiger partial charge in [0.25, 0.3) is 0 Å². The van der Waals surface area contributed by atoms with Crippen LogP contribution in [0.15, 0.2) is 0 Å². The van der Waals surface area contributed by atoms with Gasteiger partial charge in [-0.05, 0) is 105 Å². The van der Waals surface area contributed by atoms with Crippen LogP contribution in [-0.2, 0) is 0 Å². The fourth-order valence-electron chi connectivity index (χ4n) is 8.38. The molecule has 0 saturated heterocycles. The fraction of sp³-hybridized carbons (Fsp3) is 1.00. The maximum absolute atomic E-state index is 13.9. The van der Waals surface area contributed by atoms with Gasteiger partial charge in [-0.1, -0.05) is 20.8 Å². The van der Waals surface area contributed by atoms with E-state index in [0.717, 1.165) is 37.0 Å². The molecule has 1 nitrogen and oxygen atoms in total. The van der Waals surface area contributed by atoms with Crippen LogP contribution < -0.4 is 0 Å². The van der Waals surface area contributed by atoms with Crippen molar-refractivity contribution in [3.63, 3.8) is 0 Å². The maximum Gasteiger partial charge on any atom is 0.247 e. The molecule has 27 heavy (non-hydrogen) atoms. The monoisotopic (exact) mass is 382 g/mol. The Balaban J connectivity index is 1.49. The van der Waals surface area contributed by atoms with Gasteiger partial charge in [0, 0.05) is 12.8 Å². The molecule has 1 N–H and O–H groups in total. The smallest absolute Gasteiger partial charge is 0.247 e. The zero-order valence-electron chi connectivity index (χ0n) is 17.7. The van der Waals surface area contributed by atoms with E-state index in [1.54, 1.807) is 6.92 Å². The predicted octanol–water partition coefficient (Wildman–Crippen LogP) is 6.83. The number of fused-ring (bicyclic) bond motifs is 5. The van der Waals surface area contributed by atoms with Crippen LogP contribution in [0.2, 0.25) is 0 Å². The molecular weight excluding hydrogens is 342 g/mol. The second-order valence-corrected chi connectivity index (χ2v) is 11.2. The zero-order valence-corrected chi connectivity index (χ0v) is 17.7. The van der Waals surface area contributed by atoms with Gasteiger partial charge >= 0.3 is 0 Å². The summed E-state index contributed by atoms with van der Waals surface area (Å²) in [6.07, 6.45) is 11.5. The lowest BCUT2D eigenvalue weighted by molar-refractivity contribution is -0.128. The molecule has 4 rings (SSSR count). The van der Waals surface area contributed by atoms with E-state index >= 15 is 0 Å². The van der Waals surface area contributed by atoms with Crippen LogP contribution in [0.1, 0.15) is 97.8 Å². The Kier molecular flexibility index (Phi) is 5.18. The van der Waals surface area contributed by atoms with Gasteiger partial charge in [0.1, 0.15) is 0 Å². The highest BCUT2D eigenvalue weighted by Crippen LogP contribution is 2.68. The normalized spacial score (nSPS) is 50.0. The van der Waals surface area contributed by atoms with Crippen molar-refractivity contribution in [1.82, 2.24) is 0 Å². The van der Waals surface area contributed by atoms with Crippen LogP contribution in [0.4, 0.5) is 8.78 Å². The van der Waals surface area contributed by atoms with Gasteiger partial charge in [0.15, 0.2) is 0 Å². The minimum absolute atomic E-state index is 0.0177. The number of aliphatic hydroxyl groups is 1. The molecule has 0 aromatic heterocycles. The van der Waals surface area contributed by atoms with Gasteiger partial charge in [0.2, 0.25) is 5.92 Å². The first-order valence-corrected chi connectivity index (χ1v) is 11.8. The Morgan fingerprint density at radius 1 is 0.926 bits per heavy atom. The van der Waals surface area contributed by atoms with Crippen LogP contribution in [0.5, 0.6) is 0 Å². The van der Waals surface area contributed by atoms with Crippen molar-refractivity contribution in [2.75, 3.05) is 0 Å². The Hall–Kier alpha value is -0.180. The average Bonchev–Trinajstić information content (AvgIpc) is 2.97. The van der Waals surface area contributed by atoms with E-state index in [2.05, 4.69) is 13.8 Å². The summed E-state index contributed by atoms with van der Waals surface area (Å²) in [7, 11) is 0. The number of rotatable bonds is 4. The van der Waals surface area contributed by atoms with Crippen LogP contribution >= 0.6 is 0 Å². The van der Waals surface area contributed by atoms with E-state index in [4.69, 9.17) is 0 Å². The van der Waals surface area contributed by atoms with Crippen molar-refractivity contribution in [3.8, 4) is 0 Å².